The number of hydrogen-bond donors (Lipinski definition) is 0. The van der Waals surface area contributed by atoms with Crippen molar-refractivity contribution >= 4 is 11.8 Å². The first-order valence-corrected chi connectivity index (χ1v) is 6.22. The van der Waals surface area contributed by atoms with Crippen molar-refractivity contribution < 1.29 is 4.74 Å². The second-order valence-corrected chi connectivity index (χ2v) is 4.75. The van der Waals surface area contributed by atoms with Gasteiger partial charge in [0.25, 0.3) is 0 Å². The molecule has 2 heteroatoms. The zero-order chi connectivity index (χ0) is 12.1. The van der Waals surface area contributed by atoms with Crippen LogP contribution in [0, 0.1) is 6.92 Å². The largest absolute Gasteiger partial charge is 0.451 e. The van der Waals surface area contributed by atoms with Gasteiger partial charge in [-0.3, -0.25) is 0 Å². The molecule has 0 spiro atoms. The highest BCUT2D eigenvalue weighted by molar-refractivity contribution is 8.03. The molecule has 0 unspecified atom stereocenters. The van der Waals surface area contributed by atoms with E-state index in [1.807, 2.05) is 42.5 Å². The second kappa shape index (κ2) is 5.60. The van der Waals surface area contributed by atoms with E-state index in [0.717, 1.165) is 5.75 Å². The van der Waals surface area contributed by atoms with Crippen molar-refractivity contribution in [2.24, 2.45) is 0 Å². The van der Waals surface area contributed by atoms with Crippen molar-refractivity contribution in [1.29, 1.82) is 0 Å². The third-order valence-corrected chi connectivity index (χ3v) is 3.28. The van der Waals surface area contributed by atoms with Crippen LogP contribution in [0.1, 0.15) is 5.56 Å². The minimum Gasteiger partial charge on any atom is -0.451 e. The molecule has 0 bridgehead atoms. The van der Waals surface area contributed by atoms with Gasteiger partial charge in [-0.25, -0.2) is 0 Å². The van der Waals surface area contributed by atoms with Crippen LogP contribution in [0.5, 0.6) is 5.75 Å². The number of thioether (sulfide) groups is 1. The summed E-state index contributed by atoms with van der Waals surface area (Å²) < 4.78 is 5.64. The lowest BCUT2D eigenvalue weighted by molar-refractivity contribution is 0.468. The molecule has 0 aliphatic carbocycles. The first-order valence-electron chi connectivity index (χ1n) is 5.41. The van der Waals surface area contributed by atoms with E-state index in [2.05, 4.69) is 25.6 Å². The van der Waals surface area contributed by atoms with Gasteiger partial charge in [0, 0.05) is 4.90 Å². The van der Waals surface area contributed by atoms with E-state index in [1.165, 1.54) is 10.5 Å². The summed E-state index contributed by atoms with van der Waals surface area (Å²) in [5, 5.41) is 0.686. The third kappa shape index (κ3) is 3.40. The Kier molecular flexibility index (Phi) is 3.89. The Labute approximate surface area is 106 Å². The van der Waals surface area contributed by atoms with Crippen molar-refractivity contribution in [3.63, 3.8) is 0 Å². The van der Waals surface area contributed by atoms with Crippen molar-refractivity contribution in [2.75, 3.05) is 0 Å². The normalized spacial score (nSPS) is 9.94. The summed E-state index contributed by atoms with van der Waals surface area (Å²) in [6, 6.07) is 17.9. The molecule has 2 aromatic rings. The third-order valence-electron chi connectivity index (χ3n) is 2.29. The molecule has 0 saturated heterocycles. The van der Waals surface area contributed by atoms with E-state index < -0.39 is 0 Å². The van der Waals surface area contributed by atoms with E-state index in [-0.39, 0.29) is 0 Å². The van der Waals surface area contributed by atoms with Gasteiger partial charge in [-0.15, -0.1) is 0 Å². The van der Waals surface area contributed by atoms with E-state index in [1.54, 1.807) is 11.8 Å². The maximum absolute atomic E-state index is 5.64. The lowest BCUT2D eigenvalue weighted by Gasteiger charge is -2.09. The zero-order valence-corrected chi connectivity index (χ0v) is 10.5. The fourth-order valence-electron chi connectivity index (χ4n) is 1.43. The zero-order valence-electron chi connectivity index (χ0n) is 9.72. The molecule has 17 heavy (non-hydrogen) atoms. The van der Waals surface area contributed by atoms with Crippen LogP contribution >= 0.6 is 11.8 Å². The summed E-state index contributed by atoms with van der Waals surface area (Å²) in [5.74, 6) is 0.818. The van der Waals surface area contributed by atoms with Gasteiger partial charge in [0.2, 0.25) is 0 Å². The molecule has 0 radical (unpaired) electrons. The van der Waals surface area contributed by atoms with Gasteiger partial charge in [0.05, 0.1) is 0 Å². The smallest absolute Gasteiger partial charge is 0.158 e. The molecule has 2 aromatic carbocycles. The highest BCUT2D eigenvalue weighted by atomic mass is 32.2. The molecule has 0 heterocycles. The van der Waals surface area contributed by atoms with Crippen LogP contribution in [0.3, 0.4) is 0 Å². The molecule has 0 atom stereocenters. The summed E-state index contributed by atoms with van der Waals surface area (Å²) in [6.07, 6.45) is 0. The molecule has 0 aliphatic heterocycles. The summed E-state index contributed by atoms with van der Waals surface area (Å²) in [5.41, 5.74) is 1.23. The highest BCUT2D eigenvalue weighted by Gasteiger charge is 2.03. The van der Waals surface area contributed by atoms with Gasteiger partial charge in [0.1, 0.15) is 5.75 Å². The fourth-order valence-corrected chi connectivity index (χ4v) is 2.19. The SMILES string of the molecule is C=C(Oc1ccccc1)Sc1ccccc1C. The summed E-state index contributed by atoms with van der Waals surface area (Å²) in [4.78, 5) is 1.17. The number of para-hydroxylation sites is 1. The molecule has 2 rings (SSSR count). The first-order chi connectivity index (χ1) is 8.25. The quantitative estimate of drug-likeness (QED) is 0.570. The minimum atomic E-state index is 0.686. The van der Waals surface area contributed by atoms with Gasteiger partial charge >= 0.3 is 0 Å². The van der Waals surface area contributed by atoms with Gasteiger partial charge in [-0.1, -0.05) is 48.2 Å². The van der Waals surface area contributed by atoms with E-state index in [0.29, 0.717) is 5.09 Å². The Bertz CT molecular complexity index is 505. The van der Waals surface area contributed by atoms with Crippen LogP contribution in [0.15, 0.2) is 71.2 Å². The Morgan fingerprint density at radius 1 is 1.00 bits per heavy atom. The predicted octanol–water partition coefficient (Wildman–Crippen LogP) is 4.64. The Balaban J connectivity index is 2.01. The molecule has 86 valence electrons. The van der Waals surface area contributed by atoms with E-state index >= 15 is 0 Å². The summed E-state index contributed by atoms with van der Waals surface area (Å²) >= 11 is 1.55. The lowest BCUT2D eigenvalue weighted by atomic mass is 10.2. The van der Waals surface area contributed by atoms with Crippen molar-refractivity contribution in [3.05, 3.63) is 71.8 Å². The van der Waals surface area contributed by atoms with Crippen molar-refractivity contribution in [3.8, 4) is 5.75 Å². The van der Waals surface area contributed by atoms with Crippen LogP contribution in [0.2, 0.25) is 0 Å². The number of benzene rings is 2. The van der Waals surface area contributed by atoms with Crippen LogP contribution < -0.4 is 4.74 Å². The van der Waals surface area contributed by atoms with E-state index in [4.69, 9.17) is 4.74 Å². The van der Waals surface area contributed by atoms with Crippen molar-refractivity contribution in [1.82, 2.24) is 0 Å². The van der Waals surface area contributed by atoms with Crippen LogP contribution in [0.25, 0.3) is 0 Å². The van der Waals surface area contributed by atoms with Gasteiger partial charge in [-0.2, -0.15) is 0 Å². The molecule has 0 N–H and O–H groups in total. The number of aryl methyl sites for hydroxylation is 1. The molecular weight excluding hydrogens is 228 g/mol. The average molecular weight is 242 g/mol. The highest BCUT2D eigenvalue weighted by Crippen LogP contribution is 2.29. The van der Waals surface area contributed by atoms with Gasteiger partial charge in [-0.05, 0) is 37.3 Å². The summed E-state index contributed by atoms with van der Waals surface area (Å²) in [6.45, 7) is 6.01. The van der Waals surface area contributed by atoms with Crippen LogP contribution in [-0.4, -0.2) is 0 Å². The number of rotatable bonds is 4. The first kappa shape index (κ1) is 11.8. The molecule has 0 amide bonds. The molecule has 0 aliphatic rings. The minimum absolute atomic E-state index is 0.686. The maximum atomic E-state index is 5.64. The standard InChI is InChI=1S/C15H14OS/c1-12-8-6-7-11-15(12)17-13(2)16-14-9-4-3-5-10-14/h3-11H,2H2,1H3. The van der Waals surface area contributed by atoms with Gasteiger partial charge < -0.3 is 4.74 Å². The molecule has 0 aromatic heterocycles. The number of hydrogen-bond acceptors (Lipinski definition) is 2. The Morgan fingerprint density at radius 3 is 2.35 bits per heavy atom. The van der Waals surface area contributed by atoms with E-state index in [9.17, 15) is 0 Å². The average Bonchev–Trinajstić information content (AvgIpc) is 2.33. The molecule has 0 saturated carbocycles. The number of ether oxygens (including phenoxy) is 1. The molecular formula is C15H14OS. The summed E-state index contributed by atoms with van der Waals surface area (Å²) in [7, 11) is 0. The molecule has 1 nitrogen and oxygen atoms in total. The fraction of sp³-hybridized carbons (Fsp3) is 0.0667. The second-order valence-electron chi connectivity index (χ2n) is 3.65. The molecule has 0 fully saturated rings. The van der Waals surface area contributed by atoms with Crippen molar-refractivity contribution in [2.45, 2.75) is 11.8 Å². The Morgan fingerprint density at radius 2 is 1.65 bits per heavy atom. The van der Waals surface area contributed by atoms with Crippen LogP contribution in [-0.2, 0) is 0 Å². The topological polar surface area (TPSA) is 9.23 Å². The lowest BCUT2D eigenvalue weighted by Crippen LogP contribution is -1.90. The monoisotopic (exact) mass is 242 g/mol. The maximum Gasteiger partial charge on any atom is 0.158 e. The predicted molar refractivity (Wildman–Crippen MR) is 73.2 cm³/mol. The van der Waals surface area contributed by atoms with Crippen LogP contribution in [0.4, 0.5) is 0 Å². The Hall–Kier alpha value is -1.67. The van der Waals surface area contributed by atoms with Gasteiger partial charge in [0.15, 0.2) is 5.09 Å².